The molecule has 1 heterocycles. The van der Waals surface area contributed by atoms with Crippen LogP contribution in [0.2, 0.25) is 0 Å². The van der Waals surface area contributed by atoms with E-state index in [2.05, 4.69) is 15.6 Å². The van der Waals surface area contributed by atoms with E-state index in [1.807, 2.05) is 42.5 Å². The molecule has 172 valence electrons. The lowest BCUT2D eigenvalue weighted by molar-refractivity contribution is 0.0860. The second-order valence-electron chi connectivity index (χ2n) is 7.88. The smallest absolute Gasteiger partial charge is 0.271 e. The van der Waals surface area contributed by atoms with Crippen LogP contribution in [0.15, 0.2) is 60.0 Å². The lowest BCUT2D eigenvalue weighted by Crippen LogP contribution is -2.53. The number of ether oxygens (including phenoxy) is 2. The third-order valence-electron chi connectivity index (χ3n) is 5.64. The van der Waals surface area contributed by atoms with Crippen molar-refractivity contribution in [1.82, 2.24) is 15.6 Å². The fraction of sp³-hybridized carbons (Fsp3) is 0.320. The summed E-state index contributed by atoms with van der Waals surface area (Å²) in [5.74, 6) is 0.917. The average molecular weight is 466 g/mol. The zero-order chi connectivity index (χ0) is 23.0. The monoisotopic (exact) mass is 465 g/mol. The first-order chi connectivity index (χ1) is 16.1. The Kier molecular flexibility index (Phi) is 7.57. The first kappa shape index (κ1) is 22.8. The minimum Gasteiger partial charge on any atom is -0.493 e. The predicted octanol–water partition coefficient (Wildman–Crippen LogP) is 4.20. The van der Waals surface area contributed by atoms with Crippen molar-refractivity contribution in [1.29, 1.82) is 0 Å². The average Bonchev–Trinajstić information content (AvgIpc) is 3.34. The molecule has 8 heteroatoms. The molecule has 2 aromatic carbocycles. The fourth-order valence-corrected chi connectivity index (χ4v) is 4.60. The van der Waals surface area contributed by atoms with Crippen LogP contribution in [0.25, 0.3) is 0 Å². The summed E-state index contributed by atoms with van der Waals surface area (Å²) < 4.78 is 11.1. The SMILES string of the molecule is COc1ccccc1OCc1nc(C(=O)NC2CCCCC2NC(=O)c2ccccc2)cs1. The Morgan fingerprint density at radius 2 is 1.58 bits per heavy atom. The van der Waals surface area contributed by atoms with Crippen molar-refractivity contribution in [3.8, 4) is 11.5 Å². The molecule has 2 unspecified atom stereocenters. The topological polar surface area (TPSA) is 89.6 Å². The maximum Gasteiger partial charge on any atom is 0.271 e. The van der Waals surface area contributed by atoms with Gasteiger partial charge in [-0.3, -0.25) is 9.59 Å². The molecule has 4 rings (SSSR count). The lowest BCUT2D eigenvalue weighted by atomic mass is 9.90. The summed E-state index contributed by atoms with van der Waals surface area (Å²) in [7, 11) is 1.59. The van der Waals surface area contributed by atoms with E-state index < -0.39 is 0 Å². The van der Waals surface area contributed by atoms with E-state index in [4.69, 9.17) is 9.47 Å². The van der Waals surface area contributed by atoms with Gasteiger partial charge in [0.1, 0.15) is 17.3 Å². The summed E-state index contributed by atoms with van der Waals surface area (Å²) in [5, 5.41) is 8.60. The molecule has 2 atom stereocenters. The minimum absolute atomic E-state index is 0.109. The Bertz CT molecular complexity index is 1090. The highest BCUT2D eigenvalue weighted by molar-refractivity contribution is 7.09. The van der Waals surface area contributed by atoms with Crippen molar-refractivity contribution >= 4 is 23.2 Å². The van der Waals surface area contributed by atoms with Gasteiger partial charge in [0.2, 0.25) is 0 Å². The number of hydrogen-bond donors (Lipinski definition) is 2. The highest BCUT2D eigenvalue weighted by Crippen LogP contribution is 2.27. The lowest BCUT2D eigenvalue weighted by Gasteiger charge is -2.32. The van der Waals surface area contributed by atoms with Crippen molar-refractivity contribution in [2.24, 2.45) is 0 Å². The van der Waals surface area contributed by atoms with E-state index in [0.29, 0.717) is 27.8 Å². The zero-order valence-corrected chi connectivity index (χ0v) is 19.3. The number of benzene rings is 2. The van der Waals surface area contributed by atoms with Crippen molar-refractivity contribution in [2.75, 3.05) is 7.11 Å². The standard InChI is InChI=1S/C25H27N3O4S/c1-31-21-13-7-8-14-22(21)32-15-23-26-20(16-33-23)25(30)28-19-12-6-5-11-18(19)27-24(29)17-9-3-2-4-10-17/h2-4,7-10,13-14,16,18-19H,5-6,11-12,15H2,1H3,(H,27,29)(H,28,30). The third-order valence-corrected chi connectivity index (χ3v) is 6.46. The molecule has 0 radical (unpaired) electrons. The molecule has 1 saturated carbocycles. The van der Waals surface area contributed by atoms with Crippen LogP contribution in [-0.2, 0) is 6.61 Å². The van der Waals surface area contributed by atoms with Crippen LogP contribution in [0.5, 0.6) is 11.5 Å². The zero-order valence-electron chi connectivity index (χ0n) is 18.5. The second-order valence-corrected chi connectivity index (χ2v) is 8.82. The molecule has 0 saturated heterocycles. The first-order valence-corrected chi connectivity index (χ1v) is 11.9. The number of carbonyl (C=O) groups is 2. The Morgan fingerprint density at radius 1 is 0.939 bits per heavy atom. The van der Waals surface area contributed by atoms with Gasteiger partial charge in [-0.25, -0.2) is 4.98 Å². The van der Waals surface area contributed by atoms with Crippen LogP contribution in [0.3, 0.4) is 0 Å². The van der Waals surface area contributed by atoms with Gasteiger partial charge in [0.15, 0.2) is 11.5 Å². The van der Waals surface area contributed by atoms with Gasteiger partial charge >= 0.3 is 0 Å². The largest absolute Gasteiger partial charge is 0.493 e. The summed E-state index contributed by atoms with van der Waals surface area (Å²) >= 11 is 1.37. The Morgan fingerprint density at radius 3 is 2.27 bits per heavy atom. The van der Waals surface area contributed by atoms with Crippen LogP contribution in [0.4, 0.5) is 0 Å². The van der Waals surface area contributed by atoms with Gasteiger partial charge in [0, 0.05) is 23.0 Å². The molecule has 2 N–H and O–H groups in total. The Labute approximate surface area is 197 Å². The summed E-state index contributed by atoms with van der Waals surface area (Å²) in [6.07, 6.45) is 3.68. The van der Waals surface area contributed by atoms with E-state index in [1.54, 1.807) is 24.6 Å². The van der Waals surface area contributed by atoms with Crippen LogP contribution < -0.4 is 20.1 Å². The number of nitrogens with one attached hydrogen (secondary N) is 2. The molecule has 1 aliphatic rings. The molecular weight excluding hydrogens is 438 g/mol. The molecular formula is C25H27N3O4S. The highest BCUT2D eigenvalue weighted by Gasteiger charge is 2.29. The van der Waals surface area contributed by atoms with Crippen LogP contribution in [0, 0.1) is 0 Å². The van der Waals surface area contributed by atoms with Crippen LogP contribution in [-0.4, -0.2) is 36.0 Å². The van der Waals surface area contributed by atoms with Crippen molar-refractivity contribution in [2.45, 2.75) is 44.4 Å². The number of para-hydroxylation sites is 2. The number of thiazole rings is 1. The molecule has 0 spiro atoms. The predicted molar refractivity (Wildman–Crippen MR) is 127 cm³/mol. The highest BCUT2D eigenvalue weighted by atomic mass is 32.1. The fourth-order valence-electron chi connectivity index (χ4n) is 3.92. The molecule has 0 bridgehead atoms. The number of methoxy groups -OCH3 is 1. The first-order valence-electron chi connectivity index (χ1n) is 11.0. The number of amides is 2. The van der Waals surface area contributed by atoms with Crippen LogP contribution in [0.1, 0.15) is 51.5 Å². The summed E-state index contributed by atoms with van der Waals surface area (Å²) in [6, 6.07) is 16.3. The van der Waals surface area contributed by atoms with Gasteiger partial charge in [-0.05, 0) is 37.1 Å². The minimum atomic E-state index is -0.236. The quantitative estimate of drug-likeness (QED) is 0.520. The Balaban J connectivity index is 1.35. The summed E-state index contributed by atoms with van der Waals surface area (Å²) in [4.78, 5) is 29.9. The second kappa shape index (κ2) is 11.0. The third kappa shape index (κ3) is 5.90. The molecule has 1 fully saturated rings. The maximum absolute atomic E-state index is 12.9. The van der Waals surface area contributed by atoms with Gasteiger partial charge in [-0.15, -0.1) is 11.3 Å². The molecule has 0 aliphatic heterocycles. The van der Waals surface area contributed by atoms with E-state index in [-0.39, 0.29) is 30.5 Å². The molecule has 33 heavy (non-hydrogen) atoms. The summed E-state index contributed by atoms with van der Waals surface area (Å²) in [6.45, 7) is 0.248. The van der Waals surface area contributed by atoms with E-state index in [1.165, 1.54) is 11.3 Å². The van der Waals surface area contributed by atoms with E-state index in [9.17, 15) is 9.59 Å². The van der Waals surface area contributed by atoms with Gasteiger partial charge in [-0.2, -0.15) is 0 Å². The normalized spacial score (nSPS) is 17.7. The molecule has 1 aromatic heterocycles. The Hall–Kier alpha value is -3.39. The van der Waals surface area contributed by atoms with Gasteiger partial charge < -0.3 is 20.1 Å². The van der Waals surface area contributed by atoms with Crippen molar-refractivity contribution in [3.63, 3.8) is 0 Å². The van der Waals surface area contributed by atoms with E-state index >= 15 is 0 Å². The van der Waals surface area contributed by atoms with Gasteiger partial charge in [0.05, 0.1) is 7.11 Å². The molecule has 2 amide bonds. The van der Waals surface area contributed by atoms with Crippen LogP contribution >= 0.6 is 11.3 Å². The number of aromatic nitrogens is 1. The number of rotatable bonds is 8. The van der Waals surface area contributed by atoms with Crippen molar-refractivity contribution in [3.05, 3.63) is 76.2 Å². The number of carbonyl (C=O) groups excluding carboxylic acids is 2. The summed E-state index contributed by atoms with van der Waals surface area (Å²) in [5.41, 5.74) is 0.977. The molecule has 3 aromatic rings. The van der Waals surface area contributed by atoms with Crippen molar-refractivity contribution < 1.29 is 19.1 Å². The van der Waals surface area contributed by atoms with E-state index in [0.717, 1.165) is 25.7 Å². The van der Waals surface area contributed by atoms with Gasteiger partial charge in [-0.1, -0.05) is 43.2 Å². The molecule has 1 aliphatic carbocycles. The number of hydrogen-bond acceptors (Lipinski definition) is 6. The van der Waals surface area contributed by atoms with Gasteiger partial charge in [0.25, 0.3) is 11.8 Å². The number of nitrogens with zero attached hydrogens (tertiary/aromatic N) is 1. The maximum atomic E-state index is 12.9. The molecule has 7 nitrogen and oxygen atoms in total.